The van der Waals surface area contributed by atoms with E-state index < -0.39 is 10.0 Å². The molecular formula is C31H33N7O5S3. The Kier molecular flexibility index (Phi) is 9.65. The lowest BCUT2D eigenvalue weighted by molar-refractivity contribution is -0.130. The molecule has 240 valence electrons. The van der Waals surface area contributed by atoms with Crippen molar-refractivity contribution in [3.8, 4) is 0 Å². The number of hydrazone groups is 1. The summed E-state index contributed by atoms with van der Waals surface area (Å²) in [6.07, 6.45) is 0.639. The number of benzene rings is 2. The van der Waals surface area contributed by atoms with Gasteiger partial charge in [-0.15, -0.1) is 21.5 Å². The molecule has 1 atom stereocenters. The van der Waals surface area contributed by atoms with Crippen LogP contribution in [0.25, 0.3) is 0 Å². The number of nitrogens with one attached hydrogen (secondary N) is 1. The number of morpholine rings is 1. The first-order chi connectivity index (χ1) is 22.2. The van der Waals surface area contributed by atoms with Crippen LogP contribution in [0.4, 0.5) is 0 Å². The minimum absolute atomic E-state index is 0.0980. The molecule has 4 heterocycles. The fraction of sp³-hybridized carbons (Fsp3) is 0.323. The van der Waals surface area contributed by atoms with Crippen molar-refractivity contribution in [2.45, 2.75) is 36.0 Å². The number of carbonyl (C=O) groups is 2. The molecule has 2 aliphatic rings. The average molecular weight is 680 g/mol. The molecule has 1 N–H and O–H groups in total. The van der Waals surface area contributed by atoms with Crippen molar-refractivity contribution in [3.63, 3.8) is 0 Å². The number of ether oxygens (including phenoxy) is 1. The maximum atomic E-state index is 13.5. The van der Waals surface area contributed by atoms with Crippen LogP contribution < -0.4 is 5.32 Å². The van der Waals surface area contributed by atoms with Gasteiger partial charge in [-0.1, -0.05) is 47.7 Å². The van der Waals surface area contributed by atoms with Crippen molar-refractivity contribution < 1.29 is 22.7 Å². The van der Waals surface area contributed by atoms with E-state index in [2.05, 4.69) is 15.5 Å². The van der Waals surface area contributed by atoms with Gasteiger partial charge in [-0.3, -0.25) is 9.59 Å². The van der Waals surface area contributed by atoms with E-state index in [0.29, 0.717) is 49.3 Å². The zero-order chi connectivity index (χ0) is 32.3. The summed E-state index contributed by atoms with van der Waals surface area (Å²) in [6.45, 7) is 3.44. The summed E-state index contributed by atoms with van der Waals surface area (Å²) >= 11 is 2.86. The van der Waals surface area contributed by atoms with E-state index in [9.17, 15) is 18.0 Å². The standard InChI is InChI=1S/C31H33N7O5S3/c1-21-5-7-22(8-6-21)26-18-25(27-4-3-17-44-27)35-38(26)29(39)20-45-31-34-33-28(36(31)2)19-32-30(40)23-9-11-24(12-10-23)46(41,42)37-13-15-43-16-14-37/h3-12,17,26H,13-16,18-20H2,1-2H3,(H,32,40)/t26-/m1/s1. The Hall–Kier alpha value is -3.89. The predicted molar refractivity (Wildman–Crippen MR) is 175 cm³/mol. The summed E-state index contributed by atoms with van der Waals surface area (Å²) in [5.41, 5.74) is 3.39. The van der Waals surface area contributed by atoms with Crippen LogP contribution >= 0.6 is 23.1 Å². The van der Waals surface area contributed by atoms with E-state index in [1.807, 2.05) is 48.7 Å². The Morgan fingerprint density at radius 1 is 1.04 bits per heavy atom. The van der Waals surface area contributed by atoms with Gasteiger partial charge in [0.15, 0.2) is 11.0 Å². The van der Waals surface area contributed by atoms with Gasteiger partial charge in [0.25, 0.3) is 11.8 Å². The molecule has 2 aliphatic heterocycles. The summed E-state index contributed by atoms with van der Waals surface area (Å²) in [6, 6.07) is 17.8. The van der Waals surface area contributed by atoms with Crippen molar-refractivity contribution in [1.82, 2.24) is 29.4 Å². The van der Waals surface area contributed by atoms with Gasteiger partial charge < -0.3 is 14.6 Å². The summed E-state index contributed by atoms with van der Waals surface area (Å²) in [4.78, 5) is 27.5. The zero-order valence-corrected chi connectivity index (χ0v) is 27.8. The Balaban J connectivity index is 1.06. The highest BCUT2D eigenvalue weighted by Gasteiger charge is 2.33. The smallest absolute Gasteiger partial charge is 0.253 e. The molecule has 6 rings (SSSR count). The number of aromatic nitrogens is 3. The second-order valence-corrected chi connectivity index (χ2v) is 14.7. The highest BCUT2D eigenvalue weighted by molar-refractivity contribution is 7.99. The lowest BCUT2D eigenvalue weighted by Gasteiger charge is -2.26. The van der Waals surface area contributed by atoms with Gasteiger partial charge in [-0.05, 0) is 48.2 Å². The molecule has 0 spiro atoms. The van der Waals surface area contributed by atoms with Crippen LogP contribution in [-0.4, -0.2) is 82.1 Å². The van der Waals surface area contributed by atoms with E-state index in [-0.39, 0.29) is 35.0 Å². The second-order valence-electron chi connectivity index (χ2n) is 10.9. The van der Waals surface area contributed by atoms with E-state index in [1.54, 1.807) is 28.0 Å². The Morgan fingerprint density at radius 2 is 1.78 bits per heavy atom. The quantitative estimate of drug-likeness (QED) is 0.251. The molecule has 0 bridgehead atoms. The van der Waals surface area contributed by atoms with Crippen molar-refractivity contribution >= 4 is 50.6 Å². The third kappa shape index (κ3) is 6.93. The molecule has 1 fully saturated rings. The molecule has 1 saturated heterocycles. The number of nitrogens with zero attached hydrogens (tertiary/aromatic N) is 6. The Labute approximate surface area is 275 Å². The first-order valence-electron chi connectivity index (χ1n) is 14.7. The molecule has 0 unspecified atom stereocenters. The highest BCUT2D eigenvalue weighted by atomic mass is 32.2. The SMILES string of the molecule is Cc1ccc([C@H]2CC(c3cccs3)=NN2C(=O)CSc2nnc(CNC(=O)c3ccc(S(=O)(=O)N4CCOCC4)cc3)n2C)cc1. The third-order valence-corrected chi connectivity index (χ3v) is 11.7. The molecule has 4 aromatic rings. The van der Waals surface area contributed by atoms with E-state index >= 15 is 0 Å². The monoisotopic (exact) mass is 679 g/mol. The zero-order valence-electron chi connectivity index (χ0n) is 25.3. The molecule has 15 heteroatoms. The van der Waals surface area contributed by atoms with Crippen LogP contribution in [0.1, 0.15) is 44.6 Å². The number of thiophene rings is 1. The lowest BCUT2D eigenvalue weighted by atomic mass is 10.00. The first-order valence-corrected chi connectivity index (χ1v) is 18.0. The lowest BCUT2D eigenvalue weighted by Crippen LogP contribution is -2.40. The number of amides is 2. The van der Waals surface area contributed by atoms with E-state index in [1.165, 1.54) is 40.3 Å². The van der Waals surface area contributed by atoms with Crippen molar-refractivity contribution in [1.29, 1.82) is 0 Å². The summed E-state index contributed by atoms with van der Waals surface area (Å²) < 4.78 is 34.1. The fourth-order valence-corrected chi connectivity index (χ4v) is 8.08. The largest absolute Gasteiger partial charge is 0.379 e. The van der Waals surface area contributed by atoms with Crippen LogP contribution in [-0.2, 0) is 33.1 Å². The molecule has 2 amide bonds. The normalized spacial score (nSPS) is 17.2. The molecule has 12 nitrogen and oxygen atoms in total. The van der Waals surface area contributed by atoms with Gasteiger partial charge in [0.2, 0.25) is 10.0 Å². The van der Waals surface area contributed by atoms with Gasteiger partial charge in [0.05, 0.1) is 47.0 Å². The fourth-order valence-electron chi connectivity index (χ4n) is 5.17. The molecule has 0 aliphatic carbocycles. The number of hydrogen-bond donors (Lipinski definition) is 1. The number of carbonyl (C=O) groups excluding carboxylic acids is 2. The number of sulfonamides is 1. The van der Waals surface area contributed by atoms with Crippen molar-refractivity contribution in [3.05, 3.63) is 93.4 Å². The molecule has 2 aromatic carbocycles. The van der Waals surface area contributed by atoms with Crippen LogP contribution in [0.5, 0.6) is 0 Å². The summed E-state index contributed by atoms with van der Waals surface area (Å²) in [5.74, 6) is 0.102. The predicted octanol–water partition coefficient (Wildman–Crippen LogP) is 3.61. The van der Waals surface area contributed by atoms with Gasteiger partial charge in [-0.25, -0.2) is 13.4 Å². The highest BCUT2D eigenvalue weighted by Crippen LogP contribution is 2.34. The minimum atomic E-state index is -3.65. The average Bonchev–Trinajstić information content (AvgIpc) is 3.84. The molecular weight excluding hydrogens is 647 g/mol. The van der Waals surface area contributed by atoms with E-state index in [4.69, 9.17) is 9.84 Å². The Bertz CT molecular complexity index is 1830. The maximum absolute atomic E-state index is 13.5. The first kappa shape index (κ1) is 32.1. The minimum Gasteiger partial charge on any atom is -0.379 e. The van der Waals surface area contributed by atoms with Crippen LogP contribution in [0, 0.1) is 6.92 Å². The van der Waals surface area contributed by atoms with Crippen LogP contribution in [0.3, 0.4) is 0 Å². The number of hydrogen-bond acceptors (Lipinski definition) is 10. The molecule has 0 radical (unpaired) electrons. The van der Waals surface area contributed by atoms with Gasteiger partial charge in [0, 0.05) is 32.1 Å². The third-order valence-electron chi connectivity index (χ3n) is 7.81. The summed E-state index contributed by atoms with van der Waals surface area (Å²) in [5, 5.41) is 20.1. The molecule has 2 aromatic heterocycles. The maximum Gasteiger partial charge on any atom is 0.253 e. The summed E-state index contributed by atoms with van der Waals surface area (Å²) in [7, 11) is -1.87. The van der Waals surface area contributed by atoms with Crippen molar-refractivity contribution in [2.24, 2.45) is 12.1 Å². The van der Waals surface area contributed by atoms with Gasteiger partial charge >= 0.3 is 0 Å². The molecule has 0 saturated carbocycles. The molecule has 46 heavy (non-hydrogen) atoms. The van der Waals surface area contributed by atoms with Gasteiger partial charge in [-0.2, -0.15) is 9.41 Å². The number of aryl methyl sites for hydroxylation is 1. The van der Waals surface area contributed by atoms with E-state index in [0.717, 1.165) is 21.7 Å². The van der Waals surface area contributed by atoms with Crippen LogP contribution in [0.2, 0.25) is 0 Å². The topological polar surface area (TPSA) is 139 Å². The number of rotatable bonds is 10. The second kappa shape index (κ2) is 13.8. The van der Waals surface area contributed by atoms with Crippen molar-refractivity contribution in [2.75, 3.05) is 32.1 Å². The number of thioether (sulfide) groups is 1. The van der Waals surface area contributed by atoms with Gasteiger partial charge in [0.1, 0.15) is 0 Å². The van der Waals surface area contributed by atoms with Crippen LogP contribution in [0.15, 0.2) is 81.2 Å². The Morgan fingerprint density at radius 3 is 2.48 bits per heavy atom.